The van der Waals surface area contributed by atoms with Crippen LogP contribution in [0, 0.1) is 5.92 Å². The predicted molar refractivity (Wildman–Crippen MR) is 68.2 cm³/mol. The van der Waals surface area contributed by atoms with E-state index in [-0.39, 0.29) is 24.0 Å². The Bertz CT molecular complexity index is 450. The molecule has 0 bridgehead atoms. The van der Waals surface area contributed by atoms with E-state index in [9.17, 15) is 9.90 Å². The molecule has 1 saturated heterocycles. The van der Waals surface area contributed by atoms with Crippen LogP contribution in [0.1, 0.15) is 32.0 Å². The van der Waals surface area contributed by atoms with Crippen molar-refractivity contribution >= 4 is 5.91 Å². The molecule has 3 rings (SSSR count). The Labute approximate surface area is 112 Å². The van der Waals surface area contributed by atoms with Gasteiger partial charge >= 0.3 is 0 Å². The summed E-state index contributed by atoms with van der Waals surface area (Å²) in [5.74, 6) is 1.22. The van der Waals surface area contributed by atoms with Crippen molar-refractivity contribution in [2.45, 2.75) is 51.3 Å². The van der Waals surface area contributed by atoms with Crippen LogP contribution in [0.3, 0.4) is 0 Å². The molecule has 1 amide bonds. The zero-order valence-corrected chi connectivity index (χ0v) is 11.2. The van der Waals surface area contributed by atoms with E-state index in [1.165, 1.54) is 0 Å². The predicted octanol–water partition coefficient (Wildman–Crippen LogP) is 0.212. The summed E-state index contributed by atoms with van der Waals surface area (Å²) in [5.41, 5.74) is 0. The highest BCUT2D eigenvalue weighted by Gasteiger charge is 2.36. The minimum Gasteiger partial charge on any atom is -0.391 e. The SMILES string of the molecule is C[C@H]1[C@@H](O)CCN1C(=O)C1CCc2nncn2CC1. The van der Waals surface area contributed by atoms with Crippen molar-refractivity contribution in [1.29, 1.82) is 0 Å². The van der Waals surface area contributed by atoms with Crippen LogP contribution in [0.25, 0.3) is 0 Å². The number of rotatable bonds is 1. The van der Waals surface area contributed by atoms with E-state index < -0.39 is 0 Å². The number of fused-ring (bicyclic) bond motifs is 1. The summed E-state index contributed by atoms with van der Waals surface area (Å²) in [6, 6.07) is -0.0468. The van der Waals surface area contributed by atoms with Gasteiger partial charge in [-0.2, -0.15) is 0 Å². The molecule has 2 aliphatic rings. The molecule has 104 valence electrons. The van der Waals surface area contributed by atoms with E-state index in [0.29, 0.717) is 13.0 Å². The number of carbonyl (C=O) groups is 1. The summed E-state index contributed by atoms with van der Waals surface area (Å²) in [6.45, 7) is 3.43. The molecule has 1 unspecified atom stereocenters. The lowest BCUT2D eigenvalue weighted by Gasteiger charge is -2.27. The van der Waals surface area contributed by atoms with Gasteiger partial charge in [0.25, 0.3) is 0 Å². The standard InChI is InChI=1S/C13H20N4O2/c1-9-11(18)5-7-17(9)13(19)10-2-3-12-15-14-8-16(12)6-4-10/h8-11,18H,2-7H2,1H3/t9-,10?,11-/m0/s1. The first kappa shape index (κ1) is 12.6. The second kappa shape index (κ2) is 4.92. The summed E-state index contributed by atoms with van der Waals surface area (Å²) in [6.07, 6.45) is 4.55. The van der Waals surface area contributed by atoms with Crippen LogP contribution in [-0.2, 0) is 17.8 Å². The van der Waals surface area contributed by atoms with Gasteiger partial charge in [-0.05, 0) is 26.2 Å². The van der Waals surface area contributed by atoms with E-state index in [0.717, 1.165) is 31.6 Å². The third-order valence-corrected chi connectivity index (χ3v) is 4.48. The van der Waals surface area contributed by atoms with Crippen LogP contribution in [0.5, 0.6) is 0 Å². The number of likely N-dealkylation sites (tertiary alicyclic amines) is 1. The highest BCUT2D eigenvalue weighted by atomic mass is 16.3. The Morgan fingerprint density at radius 2 is 2.21 bits per heavy atom. The smallest absolute Gasteiger partial charge is 0.226 e. The molecule has 2 aliphatic heterocycles. The van der Waals surface area contributed by atoms with Gasteiger partial charge in [0.15, 0.2) is 0 Å². The highest BCUT2D eigenvalue weighted by Crippen LogP contribution is 2.25. The van der Waals surface area contributed by atoms with E-state index in [2.05, 4.69) is 10.2 Å². The van der Waals surface area contributed by atoms with Crippen molar-refractivity contribution in [2.75, 3.05) is 6.54 Å². The van der Waals surface area contributed by atoms with Crippen molar-refractivity contribution < 1.29 is 9.90 Å². The number of nitrogens with zero attached hydrogens (tertiary/aromatic N) is 4. The number of aliphatic hydroxyl groups excluding tert-OH is 1. The quantitative estimate of drug-likeness (QED) is 0.787. The normalized spacial score (nSPS) is 31.1. The third kappa shape index (κ3) is 2.25. The number of aromatic nitrogens is 3. The van der Waals surface area contributed by atoms with Crippen molar-refractivity contribution in [3.8, 4) is 0 Å². The zero-order valence-electron chi connectivity index (χ0n) is 11.2. The summed E-state index contributed by atoms with van der Waals surface area (Å²) in [7, 11) is 0. The second-order valence-corrected chi connectivity index (χ2v) is 5.59. The van der Waals surface area contributed by atoms with Crippen molar-refractivity contribution in [1.82, 2.24) is 19.7 Å². The van der Waals surface area contributed by atoms with Gasteiger partial charge in [-0.15, -0.1) is 10.2 Å². The van der Waals surface area contributed by atoms with Crippen molar-refractivity contribution in [3.63, 3.8) is 0 Å². The van der Waals surface area contributed by atoms with Crippen LogP contribution in [0.2, 0.25) is 0 Å². The Kier molecular flexibility index (Phi) is 3.26. The van der Waals surface area contributed by atoms with Crippen LogP contribution in [0.15, 0.2) is 6.33 Å². The van der Waals surface area contributed by atoms with Crippen LogP contribution in [0.4, 0.5) is 0 Å². The molecular formula is C13H20N4O2. The average Bonchev–Trinajstić information content (AvgIpc) is 2.92. The first-order valence-corrected chi connectivity index (χ1v) is 7.02. The van der Waals surface area contributed by atoms with Gasteiger partial charge in [0, 0.05) is 25.4 Å². The van der Waals surface area contributed by atoms with Gasteiger partial charge in [-0.1, -0.05) is 0 Å². The molecule has 6 heteroatoms. The van der Waals surface area contributed by atoms with Crippen LogP contribution >= 0.6 is 0 Å². The van der Waals surface area contributed by atoms with E-state index >= 15 is 0 Å². The molecule has 0 aromatic carbocycles. The third-order valence-electron chi connectivity index (χ3n) is 4.48. The Morgan fingerprint density at radius 3 is 2.95 bits per heavy atom. The number of aliphatic hydroxyl groups is 1. The fraction of sp³-hybridized carbons (Fsp3) is 0.769. The molecule has 0 radical (unpaired) electrons. The second-order valence-electron chi connectivity index (χ2n) is 5.59. The minimum absolute atomic E-state index is 0.0468. The highest BCUT2D eigenvalue weighted by molar-refractivity contribution is 5.79. The minimum atomic E-state index is -0.366. The van der Waals surface area contributed by atoms with E-state index in [4.69, 9.17) is 0 Å². The maximum atomic E-state index is 12.6. The zero-order chi connectivity index (χ0) is 13.4. The van der Waals surface area contributed by atoms with Crippen LogP contribution < -0.4 is 0 Å². The Hall–Kier alpha value is -1.43. The fourth-order valence-corrected chi connectivity index (χ4v) is 3.12. The van der Waals surface area contributed by atoms with E-state index in [1.807, 2.05) is 16.4 Å². The molecule has 3 atom stereocenters. The van der Waals surface area contributed by atoms with Gasteiger partial charge in [-0.3, -0.25) is 4.79 Å². The number of amides is 1. The van der Waals surface area contributed by atoms with Gasteiger partial charge in [-0.25, -0.2) is 0 Å². The maximum Gasteiger partial charge on any atom is 0.226 e. The molecule has 0 aliphatic carbocycles. The summed E-state index contributed by atoms with van der Waals surface area (Å²) < 4.78 is 2.04. The summed E-state index contributed by atoms with van der Waals surface area (Å²) in [5, 5.41) is 17.7. The van der Waals surface area contributed by atoms with E-state index in [1.54, 1.807) is 6.33 Å². The lowest BCUT2D eigenvalue weighted by Crippen LogP contribution is -2.41. The molecule has 1 N–H and O–H groups in total. The van der Waals surface area contributed by atoms with Crippen LogP contribution in [-0.4, -0.2) is 49.4 Å². The maximum absolute atomic E-state index is 12.6. The molecule has 6 nitrogen and oxygen atoms in total. The topological polar surface area (TPSA) is 71.2 Å². The van der Waals surface area contributed by atoms with Gasteiger partial charge in [0.05, 0.1) is 12.1 Å². The van der Waals surface area contributed by atoms with Crippen molar-refractivity contribution in [2.24, 2.45) is 5.92 Å². The summed E-state index contributed by atoms with van der Waals surface area (Å²) in [4.78, 5) is 14.4. The van der Waals surface area contributed by atoms with Gasteiger partial charge in [0.1, 0.15) is 12.2 Å². The monoisotopic (exact) mass is 264 g/mol. The average molecular weight is 264 g/mol. The number of aryl methyl sites for hydroxylation is 2. The lowest BCUT2D eigenvalue weighted by molar-refractivity contribution is -0.137. The van der Waals surface area contributed by atoms with Gasteiger partial charge in [0.2, 0.25) is 5.91 Å². The largest absolute Gasteiger partial charge is 0.391 e. The van der Waals surface area contributed by atoms with Gasteiger partial charge < -0.3 is 14.6 Å². The molecule has 1 aromatic heterocycles. The molecule has 19 heavy (non-hydrogen) atoms. The molecule has 0 spiro atoms. The number of carbonyl (C=O) groups excluding carboxylic acids is 1. The number of hydrogen-bond acceptors (Lipinski definition) is 4. The molecule has 0 saturated carbocycles. The Morgan fingerprint density at radius 1 is 1.37 bits per heavy atom. The molecule has 3 heterocycles. The summed E-state index contributed by atoms with van der Waals surface area (Å²) >= 11 is 0. The lowest BCUT2D eigenvalue weighted by atomic mass is 9.98. The molecular weight excluding hydrogens is 244 g/mol. The number of hydrogen-bond donors (Lipinski definition) is 1. The first-order valence-electron chi connectivity index (χ1n) is 7.02. The molecule has 1 fully saturated rings. The fourth-order valence-electron chi connectivity index (χ4n) is 3.12. The molecule has 1 aromatic rings. The Balaban J connectivity index is 1.67. The van der Waals surface area contributed by atoms with Crippen molar-refractivity contribution in [3.05, 3.63) is 12.2 Å². The first-order chi connectivity index (χ1) is 9.16.